The van der Waals surface area contributed by atoms with Gasteiger partial charge in [0.25, 0.3) is 11.5 Å². The van der Waals surface area contributed by atoms with E-state index >= 15 is 4.39 Å². The minimum atomic E-state index is -0.691. The van der Waals surface area contributed by atoms with E-state index in [1.54, 1.807) is 41.8 Å². The van der Waals surface area contributed by atoms with Crippen LogP contribution >= 0.6 is 0 Å². The van der Waals surface area contributed by atoms with Gasteiger partial charge in [-0.25, -0.2) is 9.18 Å². The standard InChI is InChI=1S/C59H71FN10O6/c1-35-26-47-45(49(13-18-62-47)68-34-53(76-6)48(61-5)30-55(68)72)29-44(35)38(4)65-21-16-41(17-22-65)56-36(2)25-42(28-46(56)60)58(74)66-19-14-39(15-20-66)33-67-24-23-64(31-37(67)3)32-40-7-10-50-52(27-40)69(43-8-9-43)59(75)70(50)51-11-12-54(71)63-57(51)73/h7,10,13,16,18,25,27-30,34-35,37-39,43,51,61H,8-9,11-12,14-15,17,19-24,26,31-33H2,1-6H3,(H,63,71,73)/t35?,37?,38-,51?/m0/s1. The Morgan fingerprint density at radius 2 is 1.74 bits per heavy atom. The zero-order chi connectivity index (χ0) is 53.1. The van der Waals surface area contributed by atoms with Crippen molar-refractivity contribution in [1.29, 1.82) is 0 Å². The number of anilines is 1. The van der Waals surface area contributed by atoms with Crippen molar-refractivity contribution in [2.75, 3.05) is 71.8 Å². The van der Waals surface area contributed by atoms with Crippen molar-refractivity contribution in [2.45, 2.75) is 110 Å². The molecule has 3 saturated heterocycles. The van der Waals surface area contributed by atoms with Gasteiger partial charge in [0.2, 0.25) is 11.8 Å². The minimum Gasteiger partial charge on any atom is -0.493 e. The number of imidazole rings is 1. The maximum atomic E-state index is 16.3. The number of aryl methyl sites for hydroxylation is 1. The van der Waals surface area contributed by atoms with E-state index < -0.39 is 11.9 Å². The summed E-state index contributed by atoms with van der Waals surface area (Å²) < 4.78 is 26.9. The Labute approximate surface area is 443 Å². The first-order chi connectivity index (χ1) is 36.7. The van der Waals surface area contributed by atoms with Crippen LogP contribution in [0.5, 0.6) is 5.75 Å². The average Bonchev–Trinajstić information content (AvgIpc) is 4.21. The van der Waals surface area contributed by atoms with Crippen LogP contribution in [0.15, 0.2) is 76.1 Å². The van der Waals surface area contributed by atoms with Gasteiger partial charge in [0.05, 0.1) is 41.4 Å². The molecule has 5 aromatic rings. The predicted octanol–water partition coefficient (Wildman–Crippen LogP) is 6.97. The molecule has 400 valence electrons. The fourth-order valence-electron chi connectivity index (χ4n) is 13.0. The Balaban J connectivity index is 0.682. The summed E-state index contributed by atoms with van der Waals surface area (Å²) in [6, 6.07) is 12.8. The molecule has 7 heterocycles. The number of methoxy groups -OCH3 is 1. The molecule has 3 amide bonds. The Morgan fingerprint density at radius 1 is 0.934 bits per heavy atom. The summed E-state index contributed by atoms with van der Waals surface area (Å²) in [6.07, 6.45) is 13.5. The van der Waals surface area contributed by atoms with Crippen LogP contribution in [0.4, 0.5) is 10.1 Å². The molecule has 3 aromatic heterocycles. The van der Waals surface area contributed by atoms with E-state index in [4.69, 9.17) is 9.72 Å². The quantitative estimate of drug-likeness (QED) is 0.117. The van der Waals surface area contributed by atoms with Crippen molar-refractivity contribution in [3.63, 3.8) is 0 Å². The number of hydrogen-bond donors (Lipinski definition) is 2. The lowest BCUT2D eigenvalue weighted by molar-refractivity contribution is -0.135. The van der Waals surface area contributed by atoms with Gasteiger partial charge in [-0.05, 0) is 136 Å². The topological polar surface area (TPSA) is 159 Å². The maximum absolute atomic E-state index is 16.3. The number of fused-ring (bicyclic) bond motifs is 2. The SMILES string of the molecule is CNc1cc(=O)n(-c2ccnc3c2C=C([C@H](C)N2CC=C(c4c(C)cc(C(=O)N5CCC(CN6CCN(Cc7ccc8c(c7)n(C7CC7)c(=O)n8C7CCC(=O)NC7=O)CC6C)CC5)cc4F)CC2)C(C)C3)cc1OC. The van der Waals surface area contributed by atoms with Gasteiger partial charge < -0.3 is 15.0 Å². The molecule has 0 spiro atoms. The predicted molar refractivity (Wildman–Crippen MR) is 292 cm³/mol. The number of halogens is 1. The number of piperazine rings is 1. The number of ether oxygens (including phenoxy) is 1. The molecule has 17 heteroatoms. The van der Waals surface area contributed by atoms with E-state index in [0.717, 1.165) is 116 Å². The second-order valence-electron chi connectivity index (χ2n) is 22.3. The number of carbonyl (C=O) groups excluding carboxylic acids is 3. The number of hydrogen-bond acceptors (Lipinski definition) is 11. The molecular formula is C59H71FN10O6. The molecule has 3 unspecified atom stereocenters. The van der Waals surface area contributed by atoms with Gasteiger partial charge in [0.15, 0.2) is 5.75 Å². The second kappa shape index (κ2) is 21.0. The smallest absolute Gasteiger partial charge is 0.330 e. The van der Waals surface area contributed by atoms with Crippen LogP contribution in [-0.2, 0) is 22.6 Å². The van der Waals surface area contributed by atoms with Crippen molar-refractivity contribution in [1.82, 2.24) is 43.6 Å². The number of nitrogens with zero attached hydrogens (tertiary/aromatic N) is 8. The van der Waals surface area contributed by atoms with Crippen LogP contribution in [0.3, 0.4) is 0 Å². The normalized spacial score (nSPS) is 22.5. The number of benzene rings is 2. The Morgan fingerprint density at radius 3 is 2.43 bits per heavy atom. The Kier molecular flexibility index (Phi) is 14.2. The first kappa shape index (κ1) is 51.4. The highest BCUT2D eigenvalue weighted by atomic mass is 19.1. The zero-order valence-corrected chi connectivity index (χ0v) is 44.7. The monoisotopic (exact) mass is 1030 g/mol. The lowest BCUT2D eigenvalue weighted by Gasteiger charge is -2.42. The van der Waals surface area contributed by atoms with E-state index in [9.17, 15) is 24.0 Å². The number of imide groups is 1. The summed E-state index contributed by atoms with van der Waals surface area (Å²) in [5.41, 5.74) is 9.69. The fraction of sp³-hybridized carbons (Fsp3) is 0.492. The Hall–Kier alpha value is -6.69. The molecule has 4 aliphatic heterocycles. The van der Waals surface area contributed by atoms with E-state index in [1.807, 2.05) is 34.6 Å². The van der Waals surface area contributed by atoms with Gasteiger partial charge in [-0.1, -0.05) is 19.1 Å². The lowest BCUT2D eigenvalue weighted by atomic mass is 9.82. The first-order valence-corrected chi connectivity index (χ1v) is 27.4. The highest BCUT2D eigenvalue weighted by Crippen LogP contribution is 2.39. The van der Waals surface area contributed by atoms with Crippen molar-refractivity contribution < 1.29 is 23.5 Å². The van der Waals surface area contributed by atoms with E-state index in [2.05, 4.69) is 70.4 Å². The number of aromatic nitrogens is 4. The van der Waals surface area contributed by atoms with E-state index in [0.29, 0.717) is 67.0 Å². The third-order valence-electron chi connectivity index (χ3n) is 17.4. The number of piperidine rings is 2. The molecule has 16 nitrogen and oxygen atoms in total. The third-order valence-corrected chi connectivity index (χ3v) is 17.4. The molecule has 0 radical (unpaired) electrons. The molecule has 1 saturated carbocycles. The molecule has 11 rings (SSSR count). The molecule has 4 fully saturated rings. The maximum Gasteiger partial charge on any atom is 0.330 e. The van der Waals surface area contributed by atoms with Crippen LogP contribution in [0.2, 0.25) is 0 Å². The number of pyridine rings is 2. The molecule has 6 aliphatic rings. The summed E-state index contributed by atoms with van der Waals surface area (Å²) in [5, 5.41) is 5.46. The number of amides is 3. The average molecular weight is 1040 g/mol. The van der Waals surface area contributed by atoms with Crippen molar-refractivity contribution in [3.8, 4) is 11.4 Å². The first-order valence-electron chi connectivity index (χ1n) is 27.4. The molecule has 4 atom stereocenters. The van der Waals surface area contributed by atoms with Crippen LogP contribution in [-0.4, -0.2) is 135 Å². The van der Waals surface area contributed by atoms with Gasteiger partial charge in [0.1, 0.15) is 11.9 Å². The van der Waals surface area contributed by atoms with Crippen LogP contribution in [0.1, 0.15) is 116 Å². The largest absolute Gasteiger partial charge is 0.493 e. The molecule has 2 N–H and O–H groups in total. The van der Waals surface area contributed by atoms with Gasteiger partial charge in [-0.15, -0.1) is 0 Å². The molecule has 2 aromatic carbocycles. The van der Waals surface area contributed by atoms with Crippen molar-refractivity contribution >= 4 is 46.1 Å². The minimum absolute atomic E-state index is 0.0988. The van der Waals surface area contributed by atoms with E-state index in [1.165, 1.54) is 11.6 Å². The summed E-state index contributed by atoms with van der Waals surface area (Å²) >= 11 is 0. The van der Waals surface area contributed by atoms with Crippen molar-refractivity contribution in [3.05, 3.63) is 127 Å². The highest BCUT2D eigenvalue weighted by molar-refractivity contribution is 6.00. The van der Waals surface area contributed by atoms with Gasteiger partial charge >= 0.3 is 5.69 Å². The fourth-order valence-corrected chi connectivity index (χ4v) is 13.0. The zero-order valence-electron chi connectivity index (χ0n) is 44.7. The van der Waals surface area contributed by atoms with Crippen molar-refractivity contribution in [2.24, 2.45) is 11.8 Å². The highest BCUT2D eigenvalue weighted by Gasteiger charge is 2.37. The van der Waals surface area contributed by atoms with Gasteiger partial charge in [0, 0.05) is 119 Å². The molecule has 76 heavy (non-hydrogen) atoms. The third kappa shape index (κ3) is 9.85. The van der Waals surface area contributed by atoms with Crippen LogP contribution in [0.25, 0.3) is 28.4 Å². The Bertz CT molecular complexity index is 3280. The number of carbonyl (C=O) groups is 3. The summed E-state index contributed by atoms with van der Waals surface area (Å²) in [6.45, 7) is 15.9. The lowest BCUT2D eigenvalue weighted by Crippen LogP contribution is -2.53. The number of nitrogens with one attached hydrogen (secondary N) is 2. The summed E-state index contributed by atoms with van der Waals surface area (Å²) in [7, 11) is 3.35. The molecular weight excluding hydrogens is 964 g/mol. The second-order valence-corrected chi connectivity index (χ2v) is 22.3. The number of rotatable bonds is 13. The summed E-state index contributed by atoms with van der Waals surface area (Å²) in [4.78, 5) is 79.9. The number of likely N-dealkylation sites (tertiary alicyclic amines) is 1. The molecule has 0 bridgehead atoms. The van der Waals surface area contributed by atoms with Gasteiger partial charge in [-0.2, -0.15) is 0 Å². The molecule has 2 aliphatic carbocycles. The summed E-state index contributed by atoms with van der Waals surface area (Å²) in [5.74, 6) is 0.111. The van der Waals surface area contributed by atoms with Gasteiger partial charge in [-0.3, -0.25) is 57.9 Å². The van der Waals surface area contributed by atoms with Crippen LogP contribution < -0.4 is 26.6 Å². The van der Waals surface area contributed by atoms with Crippen LogP contribution in [0, 0.1) is 24.6 Å². The van der Waals surface area contributed by atoms with E-state index in [-0.39, 0.29) is 53.3 Å².